The second-order valence-corrected chi connectivity index (χ2v) is 7.70. The van der Waals surface area contributed by atoms with Gasteiger partial charge < -0.3 is 9.88 Å². The summed E-state index contributed by atoms with van der Waals surface area (Å²) < 4.78 is 1.05. The molecule has 0 spiro atoms. The summed E-state index contributed by atoms with van der Waals surface area (Å²) in [7, 11) is 0. The number of halogens is 1. The first-order valence-electron chi connectivity index (χ1n) is 9.08. The number of benzene rings is 1. The maximum Gasteiger partial charge on any atom is 0.243 e. The summed E-state index contributed by atoms with van der Waals surface area (Å²) in [6.07, 6.45) is 5.12. The minimum Gasteiger partial charge on any atom is -0.358 e. The largest absolute Gasteiger partial charge is 0.358 e. The fourth-order valence-corrected chi connectivity index (χ4v) is 3.89. The van der Waals surface area contributed by atoms with Crippen molar-refractivity contribution in [3.05, 3.63) is 33.9 Å². The smallest absolute Gasteiger partial charge is 0.243 e. The maximum atomic E-state index is 12.5. The van der Waals surface area contributed by atoms with E-state index >= 15 is 0 Å². The summed E-state index contributed by atoms with van der Waals surface area (Å²) in [6.45, 7) is 1.43. The number of H-pyrrole nitrogens is 1. The van der Waals surface area contributed by atoms with Crippen molar-refractivity contribution in [3.8, 4) is 0 Å². The molecule has 2 amide bonds. The van der Waals surface area contributed by atoms with Crippen molar-refractivity contribution in [3.63, 3.8) is 0 Å². The molecule has 1 aromatic heterocycles. The number of nitrogens with one attached hydrogen (secondary N) is 2. The van der Waals surface area contributed by atoms with Gasteiger partial charge in [0.25, 0.3) is 0 Å². The summed E-state index contributed by atoms with van der Waals surface area (Å²) in [5.41, 5.74) is 5.23. The van der Waals surface area contributed by atoms with Gasteiger partial charge in [-0.3, -0.25) is 14.8 Å². The first-order chi connectivity index (χ1) is 12.6. The van der Waals surface area contributed by atoms with E-state index in [-0.39, 0.29) is 11.8 Å². The van der Waals surface area contributed by atoms with E-state index in [0.717, 1.165) is 48.6 Å². The number of carbonyl (C=O) groups is 2. The standard InChI is InChI=1S/C19H24BrN3O3/c20-13-7-8-16-14(11-13)15-12-23(10-9-17(15)21-16)19(25)6-4-2-1-3-5-18(24)22-26/h7-8,11,21,26H,1-6,9-10,12H2,(H,22,24). The van der Waals surface area contributed by atoms with Gasteiger partial charge in [-0.05, 0) is 31.0 Å². The van der Waals surface area contributed by atoms with Gasteiger partial charge in [-0.25, -0.2) is 5.48 Å². The van der Waals surface area contributed by atoms with Gasteiger partial charge in [0.1, 0.15) is 0 Å². The fraction of sp³-hybridized carbons (Fsp3) is 0.474. The molecule has 1 aliphatic heterocycles. The first kappa shape index (κ1) is 18.9. The van der Waals surface area contributed by atoms with Gasteiger partial charge in [0.2, 0.25) is 11.8 Å². The summed E-state index contributed by atoms with van der Waals surface area (Å²) >= 11 is 3.52. The Bertz CT molecular complexity index is 803. The van der Waals surface area contributed by atoms with Crippen molar-refractivity contribution in [2.75, 3.05) is 6.54 Å². The lowest BCUT2D eigenvalue weighted by atomic mass is 10.0. The van der Waals surface area contributed by atoms with Crippen molar-refractivity contribution < 1.29 is 14.8 Å². The number of hydrogen-bond acceptors (Lipinski definition) is 3. The monoisotopic (exact) mass is 421 g/mol. The molecule has 0 fully saturated rings. The predicted molar refractivity (Wildman–Crippen MR) is 103 cm³/mol. The van der Waals surface area contributed by atoms with Crippen molar-refractivity contribution in [1.82, 2.24) is 15.4 Å². The number of rotatable bonds is 7. The molecule has 7 heteroatoms. The molecule has 3 N–H and O–H groups in total. The zero-order valence-electron chi connectivity index (χ0n) is 14.7. The first-order valence-corrected chi connectivity index (χ1v) is 9.87. The van der Waals surface area contributed by atoms with Crippen LogP contribution in [0.1, 0.15) is 49.8 Å². The number of unbranched alkanes of at least 4 members (excludes halogenated alkanes) is 3. The zero-order chi connectivity index (χ0) is 18.5. The Morgan fingerprint density at radius 2 is 1.96 bits per heavy atom. The lowest BCUT2D eigenvalue weighted by molar-refractivity contribution is -0.132. The maximum absolute atomic E-state index is 12.5. The van der Waals surface area contributed by atoms with Crippen LogP contribution in [0.25, 0.3) is 10.9 Å². The van der Waals surface area contributed by atoms with Crippen molar-refractivity contribution in [2.45, 2.75) is 51.5 Å². The number of nitrogens with zero attached hydrogens (tertiary/aromatic N) is 1. The third-order valence-corrected chi connectivity index (χ3v) is 5.45. The molecule has 0 saturated carbocycles. The van der Waals surface area contributed by atoms with E-state index in [1.54, 1.807) is 5.48 Å². The van der Waals surface area contributed by atoms with E-state index in [4.69, 9.17) is 5.21 Å². The second-order valence-electron chi connectivity index (χ2n) is 6.79. The van der Waals surface area contributed by atoms with Crippen LogP contribution in [0, 0.1) is 0 Å². The topological polar surface area (TPSA) is 85.4 Å². The van der Waals surface area contributed by atoms with Crippen molar-refractivity contribution in [1.29, 1.82) is 0 Å². The molecule has 0 aliphatic carbocycles. The van der Waals surface area contributed by atoms with Crippen LogP contribution in [-0.4, -0.2) is 33.5 Å². The SMILES string of the molecule is O=C(CCCCCCC(=O)N1CCc2[nH]c3ccc(Br)cc3c2C1)NO. The van der Waals surface area contributed by atoms with E-state index in [1.807, 2.05) is 11.0 Å². The van der Waals surface area contributed by atoms with Crippen LogP contribution < -0.4 is 5.48 Å². The van der Waals surface area contributed by atoms with Gasteiger partial charge in [-0.2, -0.15) is 0 Å². The highest BCUT2D eigenvalue weighted by Crippen LogP contribution is 2.30. The second kappa shape index (κ2) is 8.68. The lowest BCUT2D eigenvalue weighted by Gasteiger charge is -2.27. The molecule has 1 aliphatic rings. The molecule has 3 rings (SSSR count). The van der Waals surface area contributed by atoms with Crippen LogP contribution in [0.5, 0.6) is 0 Å². The molecule has 0 saturated heterocycles. The molecule has 140 valence electrons. The highest BCUT2D eigenvalue weighted by Gasteiger charge is 2.23. The van der Waals surface area contributed by atoms with Gasteiger partial charge in [-0.15, -0.1) is 0 Å². The van der Waals surface area contributed by atoms with Crippen LogP contribution in [-0.2, 0) is 22.6 Å². The molecule has 2 heterocycles. The summed E-state index contributed by atoms with van der Waals surface area (Å²) in [4.78, 5) is 28.9. The van der Waals surface area contributed by atoms with Crippen molar-refractivity contribution >= 4 is 38.6 Å². The highest BCUT2D eigenvalue weighted by atomic mass is 79.9. The predicted octanol–water partition coefficient (Wildman–Crippen LogP) is 3.66. The number of aromatic nitrogens is 1. The minimum atomic E-state index is -0.351. The fourth-order valence-electron chi connectivity index (χ4n) is 3.53. The molecular formula is C19H24BrN3O3. The van der Waals surface area contributed by atoms with Gasteiger partial charge in [0, 0.05) is 59.0 Å². The molecule has 1 aromatic carbocycles. The lowest BCUT2D eigenvalue weighted by Crippen LogP contribution is -2.35. The molecule has 0 atom stereocenters. The Balaban J connectivity index is 1.49. The Morgan fingerprint density at radius 1 is 1.19 bits per heavy atom. The van der Waals surface area contributed by atoms with E-state index in [9.17, 15) is 9.59 Å². The van der Waals surface area contributed by atoms with Crippen LogP contribution >= 0.6 is 15.9 Å². The van der Waals surface area contributed by atoms with Crippen LogP contribution in [0.2, 0.25) is 0 Å². The van der Waals surface area contributed by atoms with Gasteiger partial charge in [-0.1, -0.05) is 28.8 Å². The molecule has 0 radical (unpaired) electrons. The summed E-state index contributed by atoms with van der Waals surface area (Å²) in [5, 5.41) is 9.62. The van der Waals surface area contributed by atoms with Gasteiger partial charge in [0.15, 0.2) is 0 Å². The van der Waals surface area contributed by atoms with E-state index in [0.29, 0.717) is 19.4 Å². The number of amides is 2. The van der Waals surface area contributed by atoms with Gasteiger partial charge in [0.05, 0.1) is 0 Å². The van der Waals surface area contributed by atoms with E-state index < -0.39 is 0 Å². The third-order valence-electron chi connectivity index (χ3n) is 4.96. The normalized spacial score (nSPS) is 13.7. The minimum absolute atomic E-state index is 0.202. The van der Waals surface area contributed by atoms with Crippen LogP contribution in [0.15, 0.2) is 22.7 Å². The van der Waals surface area contributed by atoms with Crippen molar-refractivity contribution in [2.24, 2.45) is 0 Å². The van der Waals surface area contributed by atoms with Crippen LogP contribution in [0.4, 0.5) is 0 Å². The average Bonchev–Trinajstić information content (AvgIpc) is 3.01. The Labute approximate surface area is 161 Å². The highest BCUT2D eigenvalue weighted by molar-refractivity contribution is 9.10. The number of hydroxylamine groups is 1. The van der Waals surface area contributed by atoms with E-state index in [1.165, 1.54) is 16.6 Å². The zero-order valence-corrected chi connectivity index (χ0v) is 16.3. The Hall–Kier alpha value is -1.86. The Kier molecular flexibility index (Phi) is 6.32. The number of aromatic amines is 1. The number of hydrogen-bond donors (Lipinski definition) is 3. The van der Waals surface area contributed by atoms with Crippen LogP contribution in [0.3, 0.4) is 0 Å². The number of carbonyl (C=O) groups excluding carboxylic acids is 2. The molecule has 6 nitrogen and oxygen atoms in total. The summed E-state index contributed by atoms with van der Waals surface area (Å²) in [6, 6.07) is 6.21. The summed E-state index contributed by atoms with van der Waals surface area (Å²) in [5.74, 6) is -0.149. The molecular weight excluding hydrogens is 398 g/mol. The molecule has 26 heavy (non-hydrogen) atoms. The average molecular weight is 422 g/mol. The molecule has 0 unspecified atom stereocenters. The quantitative estimate of drug-likeness (QED) is 0.362. The Morgan fingerprint density at radius 3 is 2.73 bits per heavy atom. The molecule has 2 aromatic rings. The molecule has 0 bridgehead atoms. The number of fused-ring (bicyclic) bond motifs is 3. The van der Waals surface area contributed by atoms with E-state index in [2.05, 4.69) is 33.0 Å². The third kappa shape index (κ3) is 4.45. The van der Waals surface area contributed by atoms with Gasteiger partial charge >= 0.3 is 0 Å².